The summed E-state index contributed by atoms with van der Waals surface area (Å²) in [6.07, 6.45) is 1.01. The van der Waals surface area contributed by atoms with Crippen LogP contribution >= 0.6 is 0 Å². The molecule has 198 valence electrons. The Hall–Kier alpha value is -2.76. The number of fused-ring (bicyclic) bond motifs is 1. The van der Waals surface area contributed by atoms with Gasteiger partial charge in [-0.15, -0.1) is 0 Å². The Morgan fingerprint density at radius 2 is 1.97 bits per heavy atom. The van der Waals surface area contributed by atoms with E-state index in [4.69, 9.17) is 4.74 Å². The number of carbonyl (C=O) groups is 1. The second-order valence-electron chi connectivity index (χ2n) is 9.75. The van der Waals surface area contributed by atoms with Crippen LogP contribution in [0.1, 0.15) is 49.1 Å². The first-order valence-corrected chi connectivity index (χ1v) is 12.3. The fourth-order valence-corrected chi connectivity index (χ4v) is 4.87. The number of nitrogens with zero attached hydrogens (tertiary/aromatic N) is 5. The van der Waals surface area contributed by atoms with E-state index in [1.807, 2.05) is 0 Å². The maximum Gasteiger partial charge on any atom is 0.422 e. The molecule has 0 atom stereocenters. The van der Waals surface area contributed by atoms with Crippen LogP contribution in [-0.4, -0.2) is 74.9 Å². The highest BCUT2D eigenvalue weighted by atomic mass is 19.4. The van der Waals surface area contributed by atoms with Crippen molar-refractivity contribution in [2.75, 3.05) is 26.2 Å². The number of hydrogen-bond donors (Lipinski definition) is 1. The SMILES string of the molecule is Cn1ncc(CC(=O)NC2CCC(F)(CCN3CCc4ccc(OCC(F)(F)F)nc4CC3)CC2)n1. The zero-order valence-electron chi connectivity index (χ0n) is 20.4. The molecule has 0 aromatic carbocycles. The summed E-state index contributed by atoms with van der Waals surface area (Å²) in [6, 6.07) is 3.21. The van der Waals surface area contributed by atoms with Crippen molar-refractivity contribution in [1.29, 1.82) is 0 Å². The van der Waals surface area contributed by atoms with Crippen LogP contribution in [0.2, 0.25) is 0 Å². The molecule has 0 unspecified atom stereocenters. The number of hydrogen-bond acceptors (Lipinski definition) is 6. The van der Waals surface area contributed by atoms with Gasteiger partial charge in [-0.25, -0.2) is 9.37 Å². The Labute approximate surface area is 207 Å². The Balaban J connectivity index is 1.19. The number of ether oxygens (including phenoxy) is 1. The average molecular weight is 513 g/mol. The molecule has 2 aromatic rings. The third kappa shape index (κ3) is 7.62. The molecule has 1 saturated carbocycles. The quantitative estimate of drug-likeness (QED) is 0.548. The van der Waals surface area contributed by atoms with E-state index in [0.717, 1.165) is 17.8 Å². The maximum absolute atomic E-state index is 15.5. The number of alkyl halides is 4. The van der Waals surface area contributed by atoms with Crippen molar-refractivity contribution in [1.82, 2.24) is 30.2 Å². The van der Waals surface area contributed by atoms with Crippen LogP contribution in [0.15, 0.2) is 18.3 Å². The number of carbonyl (C=O) groups excluding carboxylic acids is 1. The van der Waals surface area contributed by atoms with Crippen LogP contribution in [0.4, 0.5) is 17.6 Å². The zero-order chi connectivity index (χ0) is 25.8. The predicted molar refractivity (Wildman–Crippen MR) is 123 cm³/mol. The van der Waals surface area contributed by atoms with E-state index < -0.39 is 18.5 Å². The van der Waals surface area contributed by atoms with Gasteiger partial charge in [0.1, 0.15) is 5.67 Å². The molecule has 0 spiro atoms. The molecule has 0 bridgehead atoms. The Bertz CT molecular complexity index is 1040. The Morgan fingerprint density at radius 3 is 2.67 bits per heavy atom. The van der Waals surface area contributed by atoms with Gasteiger partial charge in [-0.2, -0.15) is 28.2 Å². The van der Waals surface area contributed by atoms with Gasteiger partial charge in [-0.05, 0) is 44.1 Å². The fourth-order valence-electron chi connectivity index (χ4n) is 4.87. The lowest BCUT2D eigenvalue weighted by Gasteiger charge is -2.35. The smallest absolute Gasteiger partial charge is 0.422 e. The zero-order valence-corrected chi connectivity index (χ0v) is 20.4. The molecule has 1 amide bonds. The fraction of sp³-hybridized carbons (Fsp3) is 0.667. The lowest BCUT2D eigenvalue weighted by molar-refractivity contribution is -0.154. The van der Waals surface area contributed by atoms with Crippen molar-refractivity contribution in [3.05, 3.63) is 35.3 Å². The summed E-state index contributed by atoms with van der Waals surface area (Å²) in [5.74, 6) is -0.153. The summed E-state index contributed by atoms with van der Waals surface area (Å²) in [7, 11) is 1.69. The molecular formula is C24H32F4N6O2. The Kier molecular flexibility index (Phi) is 8.11. The molecule has 0 saturated heterocycles. The molecule has 2 aromatic heterocycles. The van der Waals surface area contributed by atoms with Crippen molar-refractivity contribution < 1.29 is 27.1 Å². The summed E-state index contributed by atoms with van der Waals surface area (Å²) < 4.78 is 57.5. The van der Waals surface area contributed by atoms with Gasteiger partial charge in [0, 0.05) is 50.9 Å². The monoisotopic (exact) mass is 512 g/mol. The number of nitrogens with one attached hydrogen (secondary N) is 1. The van der Waals surface area contributed by atoms with Gasteiger partial charge in [-0.3, -0.25) is 4.79 Å². The maximum atomic E-state index is 15.5. The average Bonchev–Trinajstić information content (AvgIpc) is 3.11. The minimum Gasteiger partial charge on any atom is -0.468 e. The van der Waals surface area contributed by atoms with Crippen LogP contribution in [0.5, 0.6) is 5.88 Å². The number of aryl methyl sites for hydroxylation is 1. The molecule has 36 heavy (non-hydrogen) atoms. The van der Waals surface area contributed by atoms with Crippen molar-refractivity contribution in [2.24, 2.45) is 7.05 Å². The van der Waals surface area contributed by atoms with Crippen molar-refractivity contribution in [3.8, 4) is 5.88 Å². The molecule has 1 aliphatic heterocycles. The first kappa shape index (κ1) is 26.3. The summed E-state index contributed by atoms with van der Waals surface area (Å²) in [4.78, 5) is 20.1. The van der Waals surface area contributed by atoms with Crippen LogP contribution in [0.25, 0.3) is 0 Å². The van der Waals surface area contributed by atoms with E-state index in [1.165, 1.54) is 10.9 Å². The summed E-state index contributed by atoms with van der Waals surface area (Å²) in [6.45, 7) is 0.649. The number of amides is 1. The van der Waals surface area contributed by atoms with E-state index in [2.05, 4.69) is 25.4 Å². The highest BCUT2D eigenvalue weighted by molar-refractivity contribution is 5.78. The second kappa shape index (κ2) is 11.1. The third-order valence-electron chi connectivity index (χ3n) is 6.90. The van der Waals surface area contributed by atoms with Gasteiger partial charge in [0.15, 0.2) is 6.61 Å². The number of aromatic nitrogens is 4. The molecule has 0 radical (unpaired) electrons. The first-order chi connectivity index (χ1) is 17.1. The van der Waals surface area contributed by atoms with Crippen molar-refractivity contribution in [3.63, 3.8) is 0 Å². The van der Waals surface area contributed by atoms with Gasteiger partial charge in [0.2, 0.25) is 11.8 Å². The van der Waals surface area contributed by atoms with Gasteiger partial charge in [0.05, 0.1) is 18.3 Å². The number of halogens is 4. The molecular weight excluding hydrogens is 480 g/mol. The van der Waals surface area contributed by atoms with Crippen LogP contribution in [0.3, 0.4) is 0 Å². The third-order valence-corrected chi connectivity index (χ3v) is 6.90. The van der Waals surface area contributed by atoms with Crippen molar-refractivity contribution in [2.45, 2.75) is 69.3 Å². The standard InChI is InChI=1S/C24H32F4N6O2/c1-33-29-15-19(32-33)14-21(35)30-18-4-8-23(25,9-5-18)10-13-34-11-6-17-2-3-22(31-20(17)7-12-34)36-16-24(26,27)28/h2-3,15,18H,4-14,16H2,1H3,(H,30,35). The second-order valence-corrected chi connectivity index (χ2v) is 9.75. The topological polar surface area (TPSA) is 85.2 Å². The van der Waals surface area contributed by atoms with Crippen LogP contribution in [0, 0.1) is 0 Å². The molecule has 12 heteroatoms. The summed E-state index contributed by atoms with van der Waals surface area (Å²) in [5, 5.41) is 11.1. The van der Waals surface area contributed by atoms with E-state index in [9.17, 15) is 18.0 Å². The Morgan fingerprint density at radius 1 is 1.22 bits per heavy atom. The van der Waals surface area contributed by atoms with Gasteiger partial charge in [0.25, 0.3) is 0 Å². The van der Waals surface area contributed by atoms with Crippen LogP contribution < -0.4 is 10.1 Å². The van der Waals surface area contributed by atoms with E-state index >= 15 is 4.39 Å². The molecule has 4 rings (SSSR count). The first-order valence-electron chi connectivity index (χ1n) is 12.3. The molecule has 1 aliphatic carbocycles. The molecule has 1 fully saturated rings. The lowest BCUT2D eigenvalue weighted by Crippen LogP contribution is -2.43. The molecule has 1 N–H and O–H groups in total. The van der Waals surface area contributed by atoms with Crippen LogP contribution in [-0.2, 0) is 31.1 Å². The lowest BCUT2D eigenvalue weighted by atomic mass is 9.81. The molecule has 8 nitrogen and oxygen atoms in total. The van der Waals surface area contributed by atoms with E-state index in [0.29, 0.717) is 63.7 Å². The molecule has 2 aliphatic rings. The summed E-state index contributed by atoms with van der Waals surface area (Å²) in [5.41, 5.74) is 1.07. The largest absolute Gasteiger partial charge is 0.468 e. The van der Waals surface area contributed by atoms with E-state index in [-0.39, 0.29) is 24.2 Å². The van der Waals surface area contributed by atoms with Gasteiger partial charge < -0.3 is 15.0 Å². The van der Waals surface area contributed by atoms with Gasteiger partial charge in [-0.1, -0.05) is 6.07 Å². The predicted octanol–water partition coefficient (Wildman–Crippen LogP) is 2.95. The molecule has 3 heterocycles. The number of rotatable bonds is 8. The van der Waals surface area contributed by atoms with E-state index in [1.54, 1.807) is 19.3 Å². The number of pyridine rings is 1. The highest BCUT2D eigenvalue weighted by Gasteiger charge is 2.36. The highest BCUT2D eigenvalue weighted by Crippen LogP contribution is 2.35. The normalized spacial score (nSPS) is 23.1. The van der Waals surface area contributed by atoms with Gasteiger partial charge >= 0.3 is 6.18 Å². The minimum absolute atomic E-state index is 0.0252. The minimum atomic E-state index is -4.41. The van der Waals surface area contributed by atoms with Crippen molar-refractivity contribution >= 4 is 5.91 Å². The summed E-state index contributed by atoms with van der Waals surface area (Å²) >= 11 is 0.